The highest BCUT2D eigenvalue weighted by atomic mass is 16.5. The summed E-state index contributed by atoms with van der Waals surface area (Å²) in [4.78, 5) is 4.19. The van der Waals surface area contributed by atoms with Crippen LogP contribution in [0.4, 0.5) is 0 Å². The molecule has 0 aliphatic carbocycles. The van der Waals surface area contributed by atoms with Gasteiger partial charge in [0, 0.05) is 12.2 Å². The van der Waals surface area contributed by atoms with Crippen molar-refractivity contribution in [2.24, 2.45) is 11.7 Å². The van der Waals surface area contributed by atoms with E-state index in [2.05, 4.69) is 18.8 Å². The molecule has 1 rings (SSSR count). The first-order chi connectivity index (χ1) is 8.02. The minimum atomic E-state index is 0.0492. The van der Waals surface area contributed by atoms with Crippen molar-refractivity contribution < 1.29 is 4.74 Å². The molecule has 0 saturated carbocycles. The van der Waals surface area contributed by atoms with Gasteiger partial charge in [-0.25, -0.2) is 0 Å². The van der Waals surface area contributed by atoms with Gasteiger partial charge in [-0.3, -0.25) is 4.98 Å². The highest BCUT2D eigenvalue weighted by Crippen LogP contribution is 2.23. The molecule has 17 heavy (non-hydrogen) atoms. The van der Waals surface area contributed by atoms with Crippen LogP contribution in [-0.2, 0) is 0 Å². The van der Waals surface area contributed by atoms with E-state index in [1.807, 2.05) is 26.1 Å². The maximum atomic E-state index is 6.18. The van der Waals surface area contributed by atoms with Crippen LogP contribution < -0.4 is 10.5 Å². The van der Waals surface area contributed by atoms with Crippen molar-refractivity contribution in [1.29, 1.82) is 0 Å². The van der Waals surface area contributed by atoms with Crippen molar-refractivity contribution >= 4 is 0 Å². The minimum absolute atomic E-state index is 0.0492. The van der Waals surface area contributed by atoms with Crippen LogP contribution in [0.3, 0.4) is 0 Å². The average molecular weight is 236 g/mol. The topological polar surface area (TPSA) is 48.1 Å². The van der Waals surface area contributed by atoms with Gasteiger partial charge in [-0.15, -0.1) is 0 Å². The third-order valence-corrected chi connectivity index (χ3v) is 2.89. The number of hydrogen-bond donors (Lipinski definition) is 1. The van der Waals surface area contributed by atoms with Crippen LogP contribution in [0.5, 0.6) is 5.75 Å². The van der Waals surface area contributed by atoms with Crippen LogP contribution in [0.25, 0.3) is 0 Å². The van der Waals surface area contributed by atoms with Gasteiger partial charge in [0.15, 0.2) is 0 Å². The normalized spacial score (nSPS) is 14.7. The molecule has 96 valence electrons. The summed E-state index contributed by atoms with van der Waals surface area (Å²) in [6.07, 6.45) is 5.88. The lowest BCUT2D eigenvalue weighted by Crippen LogP contribution is -2.14. The predicted molar refractivity (Wildman–Crippen MR) is 71.0 cm³/mol. The van der Waals surface area contributed by atoms with Gasteiger partial charge in [0.05, 0.1) is 12.3 Å². The molecule has 0 spiro atoms. The van der Waals surface area contributed by atoms with E-state index in [1.165, 1.54) is 0 Å². The molecule has 0 radical (unpaired) electrons. The van der Waals surface area contributed by atoms with Crippen molar-refractivity contribution in [2.75, 3.05) is 0 Å². The Kier molecular flexibility index (Phi) is 5.42. The van der Waals surface area contributed by atoms with E-state index < -0.39 is 0 Å². The second kappa shape index (κ2) is 6.60. The minimum Gasteiger partial charge on any atom is -0.489 e. The zero-order chi connectivity index (χ0) is 12.8. The summed E-state index contributed by atoms with van der Waals surface area (Å²) in [5.74, 6) is 1.44. The van der Waals surface area contributed by atoms with E-state index >= 15 is 0 Å². The summed E-state index contributed by atoms with van der Waals surface area (Å²) >= 11 is 0. The fourth-order valence-electron chi connectivity index (χ4n) is 1.71. The average Bonchev–Trinajstić information content (AvgIpc) is 2.28. The molecule has 0 saturated heterocycles. The van der Waals surface area contributed by atoms with Crippen molar-refractivity contribution in [3.05, 3.63) is 24.0 Å². The second-order valence-corrected chi connectivity index (χ2v) is 4.98. The maximum absolute atomic E-state index is 6.18. The standard InChI is InChI=1S/C14H24N2O/c1-5-11(4)6-14(15)12-7-13(9-16-8-12)17-10(2)3/h7-11,14H,5-6,15H2,1-4H3. The van der Waals surface area contributed by atoms with E-state index in [0.717, 1.165) is 24.2 Å². The van der Waals surface area contributed by atoms with Gasteiger partial charge in [-0.1, -0.05) is 20.3 Å². The predicted octanol–water partition coefficient (Wildman–Crippen LogP) is 3.30. The number of nitrogens with zero attached hydrogens (tertiary/aromatic N) is 1. The maximum Gasteiger partial charge on any atom is 0.138 e. The number of aromatic nitrogens is 1. The first-order valence-electron chi connectivity index (χ1n) is 6.40. The SMILES string of the molecule is CCC(C)CC(N)c1cncc(OC(C)C)c1. The zero-order valence-electron chi connectivity index (χ0n) is 11.3. The van der Waals surface area contributed by atoms with Gasteiger partial charge in [-0.2, -0.15) is 0 Å². The monoisotopic (exact) mass is 236 g/mol. The van der Waals surface area contributed by atoms with Crippen LogP contribution in [0.15, 0.2) is 18.5 Å². The molecule has 3 nitrogen and oxygen atoms in total. The number of nitrogens with two attached hydrogens (primary N) is 1. The Morgan fingerprint density at radius 1 is 1.29 bits per heavy atom. The van der Waals surface area contributed by atoms with Crippen LogP contribution in [0.2, 0.25) is 0 Å². The van der Waals surface area contributed by atoms with Crippen LogP contribution in [0, 0.1) is 5.92 Å². The Labute approximate surface area is 104 Å². The molecule has 2 N–H and O–H groups in total. The lowest BCUT2D eigenvalue weighted by atomic mass is 9.96. The van der Waals surface area contributed by atoms with Crippen molar-refractivity contribution in [3.8, 4) is 5.75 Å². The molecule has 2 atom stereocenters. The second-order valence-electron chi connectivity index (χ2n) is 4.98. The molecule has 0 aromatic carbocycles. The third-order valence-electron chi connectivity index (χ3n) is 2.89. The molecule has 1 aromatic heterocycles. The van der Waals surface area contributed by atoms with Crippen molar-refractivity contribution in [1.82, 2.24) is 4.98 Å². The first-order valence-corrected chi connectivity index (χ1v) is 6.40. The summed E-state index contributed by atoms with van der Waals surface area (Å²) in [7, 11) is 0. The van der Waals surface area contributed by atoms with Crippen molar-refractivity contribution in [2.45, 2.75) is 52.7 Å². The van der Waals surface area contributed by atoms with Crippen LogP contribution in [-0.4, -0.2) is 11.1 Å². The lowest BCUT2D eigenvalue weighted by Gasteiger charge is -2.17. The third kappa shape index (κ3) is 4.73. The quantitative estimate of drug-likeness (QED) is 0.824. The Balaban J connectivity index is 2.70. The van der Waals surface area contributed by atoms with Gasteiger partial charge < -0.3 is 10.5 Å². The fraction of sp³-hybridized carbons (Fsp3) is 0.643. The smallest absolute Gasteiger partial charge is 0.138 e. The van der Waals surface area contributed by atoms with Gasteiger partial charge in [-0.05, 0) is 37.8 Å². The fourth-order valence-corrected chi connectivity index (χ4v) is 1.71. The molecule has 1 aromatic rings. The van der Waals surface area contributed by atoms with E-state index in [9.17, 15) is 0 Å². The van der Waals surface area contributed by atoms with E-state index in [-0.39, 0.29) is 12.1 Å². The van der Waals surface area contributed by atoms with Gasteiger partial charge >= 0.3 is 0 Å². The lowest BCUT2D eigenvalue weighted by molar-refractivity contribution is 0.241. The molecule has 0 bridgehead atoms. The largest absolute Gasteiger partial charge is 0.489 e. The highest BCUT2D eigenvalue weighted by molar-refractivity contribution is 5.26. The molecular weight excluding hydrogens is 212 g/mol. The molecule has 0 aliphatic heterocycles. The Hall–Kier alpha value is -1.09. The molecule has 1 heterocycles. The summed E-state index contributed by atoms with van der Waals surface area (Å²) in [5.41, 5.74) is 7.23. The Morgan fingerprint density at radius 2 is 2.00 bits per heavy atom. The Bertz CT molecular complexity index is 339. The van der Waals surface area contributed by atoms with Gasteiger partial charge in [0.2, 0.25) is 0 Å². The molecule has 0 amide bonds. The van der Waals surface area contributed by atoms with E-state index in [1.54, 1.807) is 6.20 Å². The van der Waals surface area contributed by atoms with E-state index in [4.69, 9.17) is 10.5 Å². The summed E-state index contributed by atoms with van der Waals surface area (Å²) in [6.45, 7) is 8.42. The van der Waals surface area contributed by atoms with Gasteiger partial charge in [0.25, 0.3) is 0 Å². The zero-order valence-corrected chi connectivity index (χ0v) is 11.3. The molecular formula is C14H24N2O. The Morgan fingerprint density at radius 3 is 2.59 bits per heavy atom. The molecule has 0 aliphatic rings. The number of pyridine rings is 1. The van der Waals surface area contributed by atoms with Crippen molar-refractivity contribution in [3.63, 3.8) is 0 Å². The summed E-state index contributed by atoms with van der Waals surface area (Å²) < 4.78 is 5.62. The highest BCUT2D eigenvalue weighted by Gasteiger charge is 2.11. The molecule has 0 fully saturated rings. The van der Waals surface area contributed by atoms with Gasteiger partial charge in [0.1, 0.15) is 5.75 Å². The number of hydrogen-bond acceptors (Lipinski definition) is 3. The van der Waals surface area contributed by atoms with Crippen LogP contribution >= 0.6 is 0 Å². The molecule has 2 unspecified atom stereocenters. The van der Waals surface area contributed by atoms with E-state index in [0.29, 0.717) is 5.92 Å². The molecule has 3 heteroatoms. The first kappa shape index (κ1) is 14.0. The number of ether oxygens (including phenoxy) is 1. The summed E-state index contributed by atoms with van der Waals surface area (Å²) in [5, 5.41) is 0. The summed E-state index contributed by atoms with van der Waals surface area (Å²) in [6, 6.07) is 2.05. The van der Waals surface area contributed by atoms with Crippen LogP contribution in [0.1, 0.15) is 52.1 Å². The number of rotatable bonds is 6.